The highest BCUT2D eigenvalue weighted by atomic mass is 32.1. The average molecular weight is 501 g/mol. The molecule has 3 rings (SSSR count). The van der Waals surface area contributed by atoms with Crippen molar-refractivity contribution in [2.45, 2.75) is 84.4 Å². The number of likely N-dealkylation sites (N-methyl/N-ethyl adjacent to an activating group) is 1. The van der Waals surface area contributed by atoms with Crippen LogP contribution in [-0.4, -0.2) is 53.2 Å². The van der Waals surface area contributed by atoms with Crippen LogP contribution in [-0.2, 0) is 9.53 Å². The highest BCUT2D eigenvalue weighted by molar-refractivity contribution is 7.14. The monoisotopic (exact) mass is 500 g/mol. The van der Waals surface area contributed by atoms with Gasteiger partial charge in [-0.25, -0.2) is 9.78 Å². The lowest BCUT2D eigenvalue weighted by molar-refractivity contribution is -0.117. The van der Waals surface area contributed by atoms with Crippen LogP contribution in [0.25, 0.3) is 11.3 Å². The predicted octanol–water partition coefficient (Wildman–Crippen LogP) is 5.85. The summed E-state index contributed by atoms with van der Waals surface area (Å²) in [5, 5.41) is 9.22. The van der Waals surface area contributed by atoms with E-state index in [1.54, 1.807) is 11.9 Å². The summed E-state index contributed by atoms with van der Waals surface area (Å²) in [5.41, 5.74) is 2.67. The van der Waals surface area contributed by atoms with Gasteiger partial charge in [-0.1, -0.05) is 29.8 Å². The normalized spacial score (nSPS) is 19.1. The van der Waals surface area contributed by atoms with E-state index in [2.05, 4.69) is 46.8 Å². The molecule has 0 radical (unpaired) electrons. The molecule has 2 N–H and O–H groups in total. The number of nitrogens with one attached hydrogen (secondary N) is 2. The quantitative estimate of drug-likeness (QED) is 0.475. The number of nitrogens with zero attached hydrogens (tertiary/aromatic N) is 2. The van der Waals surface area contributed by atoms with Crippen LogP contribution in [0.3, 0.4) is 0 Å². The van der Waals surface area contributed by atoms with Crippen LogP contribution >= 0.6 is 11.3 Å². The molecule has 1 saturated carbocycles. The van der Waals surface area contributed by atoms with E-state index >= 15 is 0 Å². The smallest absolute Gasteiger partial charge is 0.410 e. The summed E-state index contributed by atoms with van der Waals surface area (Å²) in [5.74, 6) is 0.435. The summed E-state index contributed by atoms with van der Waals surface area (Å²) in [7, 11) is 1.78. The third-order valence-corrected chi connectivity index (χ3v) is 7.22. The van der Waals surface area contributed by atoms with Gasteiger partial charge >= 0.3 is 6.09 Å². The minimum absolute atomic E-state index is 0.0384. The fourth-order valence-electron chi connectivity index (χ4n) is 4.18. The Morgan fingerprint density at radius 1 is 1.17 bits per heavy atom. The SMILES string of the molecule is Cc1ccc(-c2csc(NC(=O)CC3CCC(NCC(C)N(C)C(=O)OC(C)(C)C)CC3)n2)cc1. The molecule has 2 amide bonds. The number of aryl methyl sites for hydroxylation is 1. The Hall–Kier alpha value is -2.45. The van der Waals surface area contributed by atoms with Crippen molar-refractivity contribution in [3.05, 3.63) is 35.2 Å². The van der Waals surface area contributed by atoms with Crippen molar-refractivity contribution in [3.63, 3.8) is 0 Å². The third-order valence-electron chi connectivity index (χ3n) is 6.46. The first kappa shape index (κ1) is 27.1. The number of aromatic nitrogens is 1. The number of rotatable bonds is 8. The van der Waals surface area contributed by atoms with E-state index in [0.29, 0.717) is 23.5 Å². The van der Waals surface area contributed by atoms with E-state index in [-0.39, 0.29) is 18.0 Å². The van der Waals surface area contributed by atoms with Gasteiger partial charge in [0.2, 0.25) is 5.91 Å². The first-order valence-electron chi connectivity index (χ1n) is 12.5. The number of hydrogen-bond acceptors (Lipinski definition) is 6. The molecule has 1 aliphatic carbocycles. The van der Waals surface area contributed by atoms with Gasteiger partial charge in [0.25, 0.3) is 0 Å². The van der Waals surface area contributed by atoms with Gasteiger partial charge < -0.3 is 20.3 Å². The van der Waals surface area contributed by atoms with Gasteiger partial charge in [0.1, 0.15) is 5.60 Å². The van der Waals surface area contributed by atoms with Gasteiger partial charge in [0, 0.05) is 43.0 Å². The lowest BCUT2D eigenvalue weighted by Crippen LogP contribution is -2.46. The molecule has 1 aromatic carbocycles. The zero-order valence-electron chi connectivity index (χ0n) is 21.9. The van der Waals surface area contributed by atoms with Crippen molar-refractivity contribution >= 4 is 28.5 Å². The highest BCUT2D eigenvalue weighted by Gasteiger charge is 2.26. The summed E-state index contributed by atoms with van der Waals surface area (Å²) in [6.07, 6.45) is 4.35. The molecule has 0 aliphatic heterocycles. The van der Waals surface area contributed by atoms with E-state index in [4.69, 9.17) is 4.74 Å². The Morgan fingerprint density at radius 2 is 1.83 bits per heavy atom. The minimum Gasteiger partial charge on any atom is -0.444 e. The van der Waals surface area contributed by atoms with Gasteiger partial charge in [-0.3, -0.25) is 4.79 Å². The average Bonchev–Trinajstić information content (AvgIpc) is 3.25. The molecule has 192 valence electrons. The highest BCUT2D eigenvalue weighted by Crippen LogP contribution is 2.29. The predicted molar refractivity (Wildman–Crippen MR) is 143 cm³/mol. The van der Waals surface area contributed by atoms with Gasteiger partial charge in [-0.15, -0.1) is 11.3 Å². The molecule has 0 saturated heterocycles. The maximum Gasteiger partial charge on any atom is 0.410 e. The van der Waals surface area contributed by atoms with Crippen LogP contribution in [0.2, 0.25) is 0 Å². The van der Waals surface area contributed by atoms with Crippen molar-refractivity contribution in [2.24, 2.45) is 5.92 Å². The third kappa shape index (κ3) is 8.61. The Balaban J connectivity index is 1.37. The summed E-state index contributed by atoms with van der Waals surface area (Å²) in [6, 6.07) is 8.70. The number of anilines is 1. The summed E-state index contributed by atoms with van der Waals surface area (Å²) >= 11 is 1.47. The van der Waals surface area contributed by atoms with Crippen LogP contribution in [0.5, 0.6) is 0 Å². The Labute approximate surface area is 213 Å². The van der Waals surface area contributed by atoms with Crippen molar-refractivity contribution in [1.82, 2.24) is 15.2 Å². The lowest BCUT2D eigenvalue weighted by atomic mass is 9.84. The molecule has 8 heteroatoms. The molecule has 1 aromatic heterocycles. The maximum atomic E-state index is 12.6. The molecule has 7 nitrogen and oxygen atoms in total. The summed E-state index contributed by atoms with van der Waals surface area (Å²) in [4.78, 5) is 31.1. The van der Waals surface area contributed by atoms with Crippen molar-refractivity contribution < 1.29 is 14.3 Å². The molecule has 0 bridgehead atoms. The van der Waals surface area contributed by atoms with Gasteiger partial charge in [-0.05, 0) is 66.2 Å². The van der Waals surface area contributed by atoms with E-state index < -0.39 is 5.60 Å². The molecule has 1 fully saturated rings. The lowest BCUT2D eigenvalue weighted by Gasteiger charge is -2.32. The zero-order chi connectivity index (χ0) is 25.6. The largest absolute Gasteiger partial charge is 0.444 e. The summed E-state index contributed by atoms with van der Waals surface area (Å²) in [6.45, 7) is 10.4. The topological polar surface area (TPSA) is 83.6 Å². The van der Waals surface area contributed by atoms with Crippen molar-refractivity contribution in [2.75, 3.05) is 18.9 Å². The number of amides is 2. The standard InChI is InChI=1S/C27H40N4O3S/c1-18-7-11-21(12-8-18)23-17-35-25(29-23)30-24(32)15-20-9-13-22(14-10-20)28-16-19(2)31(6)26(33)34-27(3,4)5/h7-8,11-12,17,19-20,22,28H,9-10,13-16H2,1-6H3,(H,29,30,32). The molecule has 35 heavy (non-hydrogen) atoms. The molecule has 0 spiro atoms. The number of thiazole rings is 1. The minimum atomic E-state index is -0.494. The second-order valence-electron chi connectivity index (χ2n) is 10.7. The number of ether oxygens (including phenoxy) is 1. The van der Waals surface area contributed by atoms with Crippen LogP contribution in [0.1, 0.15) is 65.4 Å². The molecular weight excluding hydrogens is 460 g/mol. The van der Waals surface area contributed by atoms with Gasteiger partial charge in [0.15, 0.2) is 5.13 Å². The molecule has 1 unspecified atom stereocenters. The van der Waals surface area contributed by atoms with Crippen LogP contribution in [0.15, 0.2) is 29.6 Å². The van der Waals surface area contributed by atoms with Gasteiger partial charge in [-0.2, -0.15) is 0 Å². The second kappa shape index (κ2) is 12.0. The molecular formula is C27H40N4O3S. The number of benzene rings is 1. The van der Waals surface area contributed by atoms with Gasteiger partial charge in [0.05, 0.1) is 5.69 Å². The van der Waals surface area contributed by atoms with E-state index in [0.717, 1.165) is 43.5 Å². The Morgan fingerprint density at radius 3 is 2.46 bits per heavy atom. The fraction of sp³-hybridized carbons (Fsp3) is 0.593. The van der Waals surface area contributed by atoms with Crippen molar-refractivity contribution in [1.29, 1.82) is 0 Å². The number of carbonyl (C=O) groups is 2. The van der Waals surface area contributed by atoms with E-state index in [9.17, 15) is 9.59 Å². The summed E-state index contributed by atoms with van der Waals surface area (Å²) < 4.78 is 5.45. The van der Waals surface area contributed by atoms with E-state index in [1.165, 1.54) is 16.9 Å². The van der Waals surface area contributed by atoms with Crippen LogP contribution in [0.4, 0.5) is 9.93 Å². The molecule has 2 aromatic rings. The fourth-order valence-corrected chi connectivity index (χ4v) is 4.92. The van der Waals surface area contributed by atoms with Crippen LogP contribution < -0.4 is 10.6 Å². The van der Waals surface area contributed by atoms with E-state index in [1.807, 2.05) is 33.1 Å². The Kier molecular flexibility index (Phi) is 9.30. The van der Waals surface area contributed by atoms with Crippen LogP contribution in [0, 0.1) is 12.8 Å². The first-order chi connectivity index (χ1) is 16.5. The first-order valence-corrected chi connectivity index (χ1v) is 13.4. The molecule has 1 heterocycles. The van der Waals surface area contributed by atoms with Crippen molar-refractivity contribution in [3.8, 4) is 11.3 Å². The molecule has 1 aliphatic rings. The number of hydrogen-bond donors (Lipinski definition) is 2. The maximum absolute atomic E-state index is 12.6. The number of carbonyl (C=O) groups excluding carboxylic acids is 2. The molecule has 1 atom stereocenters. The Bertz CT molecular complexity index is 975. The second-order valence-corrected chi connectivity index (χ2v) is 11.6. The zero-order valence-corrected chi connectivity index (χ0v) is 22.7.